The van der Waals surface area contributed by atoms with E-state index in [9.17, 15) is 18.0 Å². The summed E-state index contributed by atoms with van der Waals surface area (Å²) in [6.45, 7) is 1.80. The molecule has 4 nitrogen and oxygen atoms in total. The number of hydrogen-bond acceptors (Lipinski definition) is 3. The minimum absolute atomic E-state index is 0.161. The van der Waals surface area contributed by atoms with E-state index in [4.69, 9.17) is 0 Å². The van der Waals surface area contributed by atoms with Crippen molar-refractivity contribution in [1.82, 2.24) is 15.3 Å². The minimum atomic E-state index is -1.33. The molecule has 1 heterocycles. The third kappa shape index (κ3) is 3.33. The van der Waals surface area contributed by atoms with Gasteiger partial charge >= 0.3 is 0 Å². The largest absolute Gasteiger partial charge is 0.342 e. The highest BCUT2D eigenvalue weighted by molar-refractivity contribution is 5.94. The second kappa shape index (κ2) is 5.98. The maximum absolute atomic E-state index is 13.7. The quantitative estimate of drug-likeness (QED) is 0.881. The Morgan fingerprint density at radius 1 is 1.22 bits per heavy atom. The van der Waals surface area contributed by atoms with Gasteiger partial charge in [0.25, 0.3) is 5.91 Å². The summed E-state index contributed by atoms with van der Waals surface area (Å²) >= 11 is 0. The zero-order valence-corrected chi connectivity index (χ0v) is 12.3. The molecular formula is C16H14F3N3O. The van der Waals surface area contributed by atoms with E-state index in [1.165, 1.54) is 0 Å². The van der Waals surface area contributed by atoms with Gasteiger partial charge in [0, 0.05) is 18.0 Å². The Balaban J connectivity index is 1.86. The summed E-state index contributed by atoms with van der Waals surface area (Å²) in [6, 6.07) is 2.17. The van der Waals surface area contributed by atoms with E-state index in [1.807, 2.05) is 0 Å². The second-order valence-corrected chi connectivity index (χ2v) is 5.59. The molecule has 0 saturated heterocycles. The summed E-state index contributed by atoms with van der Waals surface area (Å²) in [7, 11) is 0. The van der Waals surface area contributed by atoms with Crippen molar-refractivity contribution in [2.45, 2.75) is 25.8 Å². The zero-order valence-electron chi connectivity index (χ0n) is 12.3. The van der Waals surface area contributed by atoms with Gasteiger partial charge in [-0.1, -0.05) is 0 Å². The van der Waals surface area contributed by atoms with Crippen LogP contribution in [0.1, 0.15) is 40.8 Å². The smallest absolute Gasteiger partial charge is 0.254 e. The van der Waals surface area contributed by atoms with E-state index in [0.717, 1.165) is 18.5 Å². The van der Waals surface area contributed by atoms with Crippen LogP contribution in [0, 0.1) is 30.3 Å². The molecule has 0 radical (unpaired) electrons. The molecule has 0 aliphatic heterocycles. The summed E-state index contributed by atoms with van der Waals surface area (Å²) in [6.07, 6.45) is 3.36. The molecule has 1 aromatic carbocycles. The number of amides is 1. The maximum atomic E-state index is 13.7. The van der Waals surface area contributed by atoms with E-state index in [-0.39, 0.29) is 5.92 Å². The van der Waals surface area contributed by atoms with Crippen LogP contribution < -0.4 is 5.32 Å². The van der Waals surface area contributed by atoms with Crippen molar-refractivity contribution in [3.05, 3.63) is 58.9 Å². The molecule has 7 heteroatoms. The van der Waals surface area contributed by atoms with E-state index in [1.54, 1.807) is 19.2 Å². The van der Waals surface area contributed by atoms with E-state index in [2.05, 4.69) is 15.3 Å². The number of carbonyl (C=O) groups is 1. The monoisotopic (exact) mass is 321 g/mol. The summed E-state index contributed by atoms with van der Waals surface area (Å²) in [5, 5.41) is 2.63. The molecule has 1 atom stereocenters. The fourth-order valence-corrected chi connectivity index (χ4v) is 2.36. The van der Waals surface area contributed by atoms with Crippen LogP contribution in [0.25, 0.3) is 0 Å². The predicted octanol–water partition coefficient (Wildman–Crippen LogP) is 3.08. The first-order valence-electron chi connectivity index (χ1n) is 7.20. The van der Waals surface area contributed by atoms with E-state index in [0.29, 0.717) is 18.0 Å². The molecule has 1 N–H and O–H groups in total. The van der Waals surface area contributed by atoms with Crippen LogP contribution in [-0.4, -0.2) is 15.9 Å². The van der Waals surface area contributed by atoms with Gasteiger partial charge in [0.05, 0.1) is 11.6 Å². The van der Waals surface area contributed by atoms with Gasteiger partial charge in [-0.2, -0.15) is 0 Å². The van der Waals surface area contributed by atoms with Gasteiger partial charge in [-0.15, -0.1) is 0 Å². The lowest BCUT2D eigenvalue weighted by Gasteiger charge is -2.17. The van der Waals surface area contributed by atoms with Gasteiger partial charge in [-0.25, -0.2) is 23.1 Å². The third-order valence-electron chi connectivity index (χ3n) is 3.73. The molecule has 1 amide bonds. The number of aryl methyl sites for hydroxylation is 1. The van der Waals surface area contributed by atoms with Crippen LogP contribution in [-0.2, 0) is 0 Å². The molecule has 1 fully saturated rings. The molecule has 120 valence electrons. The first kappa shape index (κ1) is 15.5. The minimum Gasteiger partial charge on any atom is -0.342 e. The number of rotatable bonds is 4. The maximum Gasteiger partial charge on any atom is 0.254 e. The Bertz CT molecular complexity index is 762. The van der Waals surface area contributed by atoms with Gasteiger partial charge in [0.1, 0.15) is 5.82 Å². The summed E-state index contributed by atoms with van der Waals surface area (Å²) in [5.41, 5.74) is 0.205. The molecule has 0 bridgehead atoms. The Hall–Kier alpha value is -2.44. The number of nitrogens with one attached hydrogen (secondary N) is 1. The number of benzene rings is 1. The SMILES string of the molecule is Cc1ccnc([C@H](NC(=O)c2cc(F)c(F)cc2F)C2CC2)n1. The van der Waals surface area contributed by atoms with Gasteiger partial charge in [0.15, 0.2) is 17.5 Å². The van der Waals surface area contributed by atoms with Crippen molar-refractivity contribution in [1.29, 1.82) is 0 Å². The molecule has 1 aromatic heterocycles. The van der Waals surface area contributed by atoms with Crippen molar-refractivity contribution in [3.63, 3.8) is 0 Å². The average molecular weight is 321 g/mol. The molecule has 3 rings (SSSR count). The van der Waals surface area contributed by atoms with Gasteiger partial charge in [0.2, 0.25) is 0 Å². The number of halogens is 3. The lowest BCUT2D eigenvalue weighted by molar-refractivity contribution is 0.0924. The first-order chi connectivity index (χ1) is 11.0. The Morgan fingerprint density at radius 2 is 1.91 bits per heavy atom. The van der Waals surface area contributed by atoms with Crippen molar-refractivity contribution in [2.75, 3.05) is 0 Å². The molecule has 0 spiro atoms. The molecular weight excluding hydrogens is 307 g/mol. The van der Waals surface area contributed by atoms with E-state index < -0.39 is 35.0 Å². The van der Waals surface area contributed by atoms with Crippen molar-refractivity contribution in [3.8, 4) is 0 Å². The van der Waals surface area contributed by atoms with Crippen LogP contribution in [0.15, 0.2) is 24.4 Å². The summed E-state index contributed by atoms with van der Waals surface area (Å²) in [5.74, 6) is -3.94. The lowest BCUT2D eigenvalue weighted by atomic mass is 10.1. The van der Waals surface area contributed by atoms with Crippen LogP contribution in [0.3, 0.4) is 0 Å². The first-order valence-corrected chi connectivity index (χ1v) is 7.20. The number of nitrogens with zero attached hydrogens (tertiary/aromatic N) is 2. The second-order valence-electron chi connectivity index (χ2n) is 5.59. The number of hydrogen-bond donors (Lipinski definition) is 1. The van der Waals surface area contributed by atoms with Crippen molar-refractivity contribution >= 4 is 5.91 Å². The third-order valence-corrected chi connectivity index (χ3v) is 3.73. The van der Waals surface area contributed by atoms with Crippen LogP contribution >= 0.6 is 0 Å². The molecule has 1 aliphatic carbocycles. The van der Waals surface area contributed by atoms with Crippen molar-refractivity contribution in [2.24, 2.45) is 5.92 Å². The highest BCUT2D eigenvalue weighted by Crippen LogP contribution is 2.40. The molecule has 2 aromatic rings. The standard InChI is InChI=1S/C16H14F3N3O/c1-8-4-5-20-15(21-8)14(9-2-3-9)22-16(23)10-6-12(18)13(19)7-11(10)17/h4-7,9,14H,2-3H2,1H3,(H,22,23)/t14-/m1/s1. The lowest BCUT2D eigenvalue weighted by Crippen LogP contribution is -2.32. The molecule has 0 unspecified atom stereocenters. The molecule has 1 saturated carbocycles. The van der Waals surface area contributed by atoms with Crippen molar-refractivity contribution < 1.29 is 18.0 Å². The number of carbonyl (C=O) groups excluding carboxylic acids is 1. The Morgan fingerprint density at radius 3 is 2.57 bits per heavy atom. The van der Waals surface area contributed by atoms with Crippen LogP contribution in [0.2, 0.25) is 0 Å². The average Bonchev–Trinajstić information content (AvgIpc) is 3.33. The zero-order chi connectivity index (χ0) is 16.6. The number of aromatic nitrogens is 2. The van der Waals surface area contributed by atoms with E-state index >= 15 is 0 Å². The van der Waals surface area contributed by atoms with Crippen LogP contribution in [0.4, 0.5) is 13.2 Å². The van der Waals surface area contributed by atoms with Crippen LogP contribution in [0.5, 0.6) is 0 Å². The summed E-state index contributed by atoms with van der Waals surface area (Å²) < 4.78 is 39.9. The fourth-order valence-electron chi connectivity index (χ4n) is 2.36. The van der Waals surface area contributed by atoms with Gasteiger partial charge in [-0.05, 0) is 37.8 Å². The Kier molecular flexibility index (Phi) is 4.02. The molecule has 1 aliphatic rings. The highest BCUT2D eigenvalue weighted by atomic mass is 19.2. The topological polar surface area (TPSA) is 54.9 Å². The predicted molar refractivity (Wildman–Crippen MR) is 76.0 cm³/mol. The highest BCUT2D eigenvalue weighted by Gasteiger charge is 2.36. The van der Waals surface area contributed by atoms with Gasteiger partial charge in [-0.3, -0.25) is 4.79 Å². The summed E-state index contributed by atoms with van der Waals surface area (Å²) in [4.78, 5) is 20.7. The molecule has 23 heavy (non-hydrogen) atoms. The Labute approximate surface area is 130 Å². The normalized spacial score (nSPS) is 15.3. The van der Waals surface area contributed by atoms with Gasteiger partial charge < -0.3 is 5.32 Å². The fraction of sp³-hybridized carbons (Fsp3) is 0.312.